The molecule has 0 spiro atoms. The third-order valence-electron chi connectivity index (χ3n) is 3.01. The van der Waals surface area contributed by atoms with Crippen LogP contribution in [0.2, 0.25) is 0 Å². The van der Waals surface area contributed by atoms with Crippen LogP contribution in [0.15, 0.2) is 36.8 Å². The van der Waals surface area contributed by atoms with Crippen molar-refractivity contribution < 1.29 is 9.18 Å². The Labute approximate surface area is 116 Å². The highest BCUT2D eigenvalue weighted by atomic mass is 19.1. The summed E-state index contributed by atoms with van der Waals surface area (Å²) in [7, 11) is 1.72. The number of carbonyl (C=O) groups is 1. The van der Waals surface area contributed by atoms with Crippen molar-refractivity contribution in [2.45, 2.75) is 6.42 Å². The molecule has 0 saturated carbocycles. The fourth-order valence-corrected chi connectivity index (χ4v) is 1.95. The van der Waals surface area contributed by atoms with Crippen LogP contribution in [0.25, 0.3) is 0 Å². The number of aromatic nitrogens is 2. The Morgan fingerprint density at radius 3 is 2.80 bits per heavy atom. The fourth-order valence-electron chi connectivity index (χ4n) is 1.95. The summed E-state index contributed by atoms with van der Waals surface area (Å²) in [5, 5.41) is 0. The second-order valence-electron chi connectivity index (χ2n) is 4.44. The predicted molar refractivity (Wildman–Crippen MR) is 75.0 cm³/mol. The topological polar surface area (TPSA) is 64.2 Å². The minimum absolute atomic E-state index is 0.257. The molecular formula is C14H17FN4O. The first kappa shape index (κ1) is 14.2. The van der Waals surface area contributed by atoms with E-state index in [-0.39, 0.29) is 11.6 Å². The van der Waals surface area contributed by atoms with Crippen LogP contribution in [0.3, 0.4) is 0 Å². The number of halogens is 1. The van der Waals surface area contributed by atoms with E-state index in [1.807, 2.05) is 0 Å². The Hall–Kier alpha value is -2.21. The van der Waals surface area contributed by atoms with Gasteiger partial charge in [-0.05, 0) is 25.1 Å². The molecule has 0 atom stereocenters. The molecule has 2 aromatic rings. The quantitative estimate of drug-likeness (QED) is 0.901. The van der Waals surface area contributed by atoms with E-state index in [1.165, 1.54) is 23.5 Å². The molecule has 20 heavy (non-hydrogen) atoms. The van der Waals surface area contributed by atoms with Crippen LogP contribution in [-0.2, 0) is 7.05 Å². The van der Waals surface area contributed by atoms with Gasteiger partial charge >= 0.3 is 0 Å². The van der Waals surface area contributed by atoms with Gasteiger partial charge in [-0.1, -0.05) is 12.1 Å². The molecule has 1 aromatic heterocycles. The van der Waals surface area contributed by atoms with Crippen molar-refractivity contribution in [1.82, 2.24) is 9.55 Å². The van der Waals surface area contributed by atoms with Gasteiger partial charge in [0.15, 0.2) is 0 Å². The Morgan fingerprint density at radius 1 is 1.45 bits per heavy atom. The van der Waals surface area contributed by atoms with E-state index in [1.54, 1.807) is 29.8 Å². The van der Waals surface area contributed by atoms with Crippen molar-refractivity contribution in [1.29, 1.82) is 0 Å². The molecular weight excluding hydrogens is 259 g/mol. The van der Waals surface area contributed by atoms with E-state index in [4.69, 9.17) is 5.73 Å². The Bertz CT molecular complexity index is 596. The number of nitrogens with zero attached hydrogens (tertiary/aromatic N) is 3. The summed E-state index contributed by atoms with van der Waals surface area (Å²) in [4.78, 5) is 17.9. The molecule has 2 rings (SSSR count). The minimum Gasteiger partial charge on any atom is -0.330 e. The normalized spacial score (nSPS) is 10.6. The lowest BCUT2D eigenvalue weighted by Gasteiger charge is -2.23. The summed E-state index contributed by atoms with van der Waals surface area (Å²) in [6.45, 7) is 0.797. The Kier molecular flexibility index (Phi) is 4.47. The van der Waals surface area contributed by atoms with E-state index in [2.05, 4.69) is 4.98 Å². The van der Waals surface area contributed by atoms with Gasteiger partial charge in [-0.2, -0.15) is 0 Å². The van der Waals surface area contributed by atoms with Gasteiger partial charge in [0.25, 0.3) is 5.91 Å². The Morgan fingerprint density at radius 2 is 2.20 bits per heavy atom. The average molecular weight is 276 g/mol. The molecule has 0 bridgehead atoms. The summed E-state index contributed by atoms with van der Waals surface area (Å²) in [6.07, 6.45) is 3.60. The van der Waals surface area contributed by atoms with Gasteiger partial charge in [-0.25, -0.2) is 9.37 Å². The summed E-state index contributed by atoms with van der Waals surface area (Å²) >= 11 is 0. The maximum absolute atomic E-state index is 13.9. The van der Waals surface area contributed by atoms with E-state index in [0.29, 0.717) is 25.2 Å². The van der Waals surface area contributed by atoms with Crippen LogP contribution >= 0.6 is 0 Å². The number of hydrogen-bond donors (Lipinski definition) is 1. The van der Waals surface area contributed by atoms with Crippen molar-refractivity contribution in [3.05, 3.63) is 48.3 Å². The second-order valence-corrected chi connectivity index (χ2v) is 4.44. The number of anilines is 1. The number of hydrogen-bond acceptors (Lipinski definition) is 3. The highest BCUT2D eigenvalue weighted by Gasteiger charge is 2.22. The number of para-hydroxylation sites is 1. The number of amides is 1. The molecule has 0 fully saturated rings. The van der Waals surface area contributed by atoms with Crippen LogP contribution in [0.5, 0.6) is 0 Å². The SMILES string of the molecule is Cn1cncc1C(=O)N(CCCN)c1ccccc1F. The van der Waals surface area contributed by atoms with Crippen molar-refractivity contribution >= 4 is 11.6 Å². The lowest BCUT2D eigenvalue weighted by Crippen LogP contribution is -2.34. The zero-order chi connectivity index (χ0) is 14.5. The molecule has 6 heteroatoms. The minimum atomic E-state index is -0.431. The fraction of sp³-hybridized carbons (Fsp3) is 0.286. The van der Waals surface area contributed by atoms with Gasteiger partial charge in [-0.15, -0.1) is 0 Å². The smallest absolute Gasteiger partial charge is 0.276 e. The summed E-state index contributed by atoms with van der Waals surface area (Å²) in [5.41, 5.74) is 6.16. The number of benzene rings is 1. The van der Waals surface area contributed by atoms with Gasteiger partial charge in [0.2, 0.25) is 0 Å². The van der Waals surface area contributed by atoms with Crippen LogP contribution in [0, 0.1) is 5.82 Å². The number of imidazole rings is 1. The summed E-state index contributed by atoms with van der Waals surface area (Å²) < 4.78 is 15.5. The molecule has 0 saturated heterocycles. The van der Waals surface area contributed by atoms with Gasteiger partial charge in [0, 0.05) is 13.6 Å². The number of aryl methyl sites for hydroxylation is 1. The van der Waals surface area contributed by atoms with Gasteiger partial charge in [0.1, 0.15) is 11.5 Å². The molecule has 0 aliphatic carbocycles. The van der Waals surface area contributed by atoms with Crippen molar-refractivity contribution in [3.8, 4) is 0 Å². The van der Waals surface area contributed by atoms with E-state index in [9.17, 15) is 9.18 Å². The molecule has 106 valence electrons. The van der Waals surface area contributed by atoms with Crippen LogP contribution in [0.1, 0.15) is 16.9 Å². The first-order chi connectivity index (χ1) is 9.65. The third-order valence-corrected chi connectivity index (χ3v) is 3.01. The number of carbonyl (C=O) groups excluding carboxylic acids is 1. The second kappa shape index (κ2) is 6.29. The van der Waals surface area contributed by atoms with Crippen LogP contribution < -0.4 is 10.6 Å². The number of rotatable bonds is 5. The van der Waals surface area contributed by atoms with Crippen LogP contribution in [0.4, 0.5) is 10.1 Å². The monoisotopic (exact) mass is 276 g/mol. The van der Waals surface area contributed by atoms with Gasteiger partial charge in [0.05, 0.1) is 18.2 Å². The molecule has 1 heterocycles. The molecule has 0 aliphatic heterocycles. The van der Waals surface area contributed by atoms with Crippen molar-refractivity contribution in [3.63, 3.8) is 0 Å². The highest BCUT2D eigenvalue weighted by Crippen LogP contribution is 2.21. The predicted octanol–water partition coefficient (Wildman–Crippen LogP) is 1.55. The van der Waals surface area contributed by atoms with E-state index >= 15 is 0 Å². The Balaban J connectivity index is 2.35. The van der Waals surface area contributed by atoms with E-state index < -0.39 is 5.82 Å². The molecule has 2 N–H and O–H groups in total. The van der Waals surface area contributed by atoms with Crippen molar-refractivity contribution in [2.24, 2.45) is 12.8 Å². The highest BCUT2D eigenvalue weighted by molar-refractivity contribution is 6.04. The van der Waals surface area contributed by atoms with Gasteiger partial charge < -0.3 is 15.2 Å². The molecule has 5 nitrogen and oxygen atoms in total. The zero-order valence-corrected chi connectivity index (χ0v) is 11.3. The molecule has 1 aromatic carbocycles. The third kappa shape index (κ3) is 2.85. The lowest BCUT2D eigenvalue weighted by atomic mass is 10.2. The van der Waals surface area contributed by atoms with Crippen molar-refractivity contribution in [2.75, 3.05) is 18.0 Å². The summed E-state index contributed by atoms with van der Waals surface area (Å²) in [6, 6.07) is 6.21. The summed E-state index contributed by atoms with van der Waals surface area (Å²) in [5.74, 6) is -0.719. The first-order valence-electron chi connectivity index (χ1n) is 6.38. The largest absolute Gasteiger partial charge is 0.330 e. The molecule has 0 aliphatic rings. The lowest BCUT2D eigenvalue weighted by molar-refractivity contribution is 0.0978. The standard InChI is InChI=1S/C14H17FN4O/c1-18-10-17-9-13(18)14(20)19(8-4-7-16)12-6-3-2-5-11(12)15/h2-3,5-6,9-10H,4,7-8,16H2,1H3. The zero-order valence-electron chi connectivity index (χ0n) is 11.3. The molecule has 0 unspecified atom stereocenters. The first-order valence-corrected chi connectivity index (χ1v) is 6.38. The maximum atomic E-state index is 13.9. The molecule has 1 amide bonds. The van der Waals surface area contributed by atoms with E-state index in [0.717, 1.165) is 0 Å². The maximum Gasteiger partial charge on any atom is 0.276 e. The van der Waals surface area contributed by atoms with Crippen LogP contribution in [-0.4, -0.2) is 28.5 Å². The number of nitrogens with two attached hydrogens (primary N) is 1. The van der Waals surface area contributed by atoms with Gasteiger partial charge in [-0.3, -0.25) is 4.79 Å². The molecule has 0 radical (unpaired) electrons. The average Bonchev–Trinajstić information content (AvgIpc) is 2.87.